The van der Waals surface area contributed by atoms with Gasteiger partial charge in [0.05, 0.1) is 29.5 Å². The van der Waals surface area contributed by atoms with Crippen molar-refractivity contribution in [1.29, 1.82) is 0 Å². The Bertz CT molecular complexity index is 723. The van der Waals surface area contributed by atoms with E-state index >= 15 is 0 Å². The number of aliphatic hydroxyl groups is 4. The summed E-state index contributed by atoms with van der Waals surface area (Å²) >= 11 is 0. The summed E-state index contributed by atoms with van der Waals surface area (Å²) in [6, 6.07) is 0. The van der Waals surface area contributed by atoms with Crippen LogP contribution in [-0.2, 0) is 4.74 Å². The van der Waals surface area contributed by atoms with Crippen LogP contribution in [0, 0.1) is 29.6 Å². The zero-order chi connectivity index (χ0) is 22.4. The lowest BCUT2D eigenvalue weighted by Gasteiger charge is -2.50. The second kappa shape index (κ2) is 8.51. The first kappa shape index (κ1) is 23.7. The molecule has 0 aromatic rings. The largest absolute Gasteiger partial charge is 0.396 e. The molecule has 5 nitrogen and oxygen atoms in total. The summed E-state index contributed by atoms with van der Waals surface area (Å²) in [6.07, 6.45) is 8.09. The maximum atomic E-state index is 10.7. The molecular formula is C25H40O5. The summed E-state index contributed by atoms with van der Waals surface area (Å²) in [5.41, 5.74) is 0.785. The van der Waals surface area contributed by atoms with Crippen LogP contribution in [0.15, 0.2) is 35.5 Å². The Kier molecular flexibility index (Phi) is 6.72. The van der Waals surface area contributed by atoms with Gasteiger partial charge in [-0.2, -0.15) is 0 Å². The summed E-state index contributed by atoms with van der Waals surface area (Å²) in [5, 5.41) is 40.9. The molecule has 5 heteroatoms. The average Bonchev–Trinajstić information content (AvgIpc) is 3.39. The van der Waals surface area contributed by atoms with Gasteiger partial charge in [0.1, 0.15) is 0 Å². The molecule has 0 bridgehead atoms. The number of aliphatic hydroxyl groups excluding tert-OH is 3. The van der Waals surface area contributed by atoms with Gasteiger partial charge in [-0.25, -0.2) is 0 Å². The van der Waals surface area contributed by atoms with E-state index < -0.39 is 17.8 Å². The Labute approximate surface area is 181 Å². The van der Waals surface area contributed by atoms with E-state index in [1.54, 1.807) is 6.92 Å². The zero-order valence-electron chi connectivity index (χ0n) is 19.2. The van der Waals surface area contributed by atoms with Gasteiger partial charge in [-0.3, -0.25) is 0 Å². The van der Waals surface area contributed by atoms with Crippen molar-refractivity contribution < 1.29 is 25.2 Å². The summed E-state index contributed by atoms with van der Waals surface area (Å²) in [7, 11) is 0. The van der Waals surface area contributed by atoms with E-state index in [1.165, 1.54) is 5.57 Å². The first-order chi connectivity index (χ1) is 14.0. The molecule has 30 heavy (non-hydrogen) atoms. The van der Waals surface area contributed by atoms with Gasteiger partial charge in [-0.15, -0.1) is 0 Å². The zero-order valence-corrected chi connectivity index (χ0v) is 19.2. The molecule has 0 aromatic carbocycles. The fourth-order valence-corrected chi connectivity index (χ4v) is 6.03. The van der Waals surface area contributed by atoms with E-state index in [1.807, 2.05) is 26.0 Å². The van der Waals surface area contributed by atoms with Crippen LogP contribution in [0.5, 0.6) is 0 Å². The lowest BCUT2D eigenvalue weighted by molar-refractivity contribution is -0.131. The van der Waals surface area contributed by atoms with Gasteiger partial charge in [0.25, 0.3) is 0 Å². The molecule has 4 N–H and O–H groups in total. The van der Waals surface area contributed by atoms with Crippen LogP contribution in [0.25, 0.3) is 0 Å². The molecule has 170 valence electrons. The average molecular weight is 421 g/mol. The predicted octanol–water partition coefficient (Wildman–Crippen LogP) is 2.99. The van der Waals surface area contributed by atoms with Crippen molar-refractivity contribution in [2.24, 2.45) is 29.6 Å². The molecular weight excluding hydrogens is 380 g/mol. The first-order valence-corrected chi connectivity index (χ1v) is 11.3. The van der Waals surface area contributed by atoms with Crippen molar-refractivity contribution >= 4 is 0 Å². The summed E-state index contributed by atoms with van der Waals surface area (Å²) in [5.74, 6) is 0.635. The Morgan fingerprint density at radius 3 is 2.50 bits per heavy atom. The number of fused-ring (bicyclic) bond motifs is 3. The lowest BCUT2D eigenvalue weighted by atomic mass is 9.54. The highest BCUT2D eigenvalue weighted by Gasteiger charge is 2.70. The van der Waals surface area contributed by atoms with Crippen LogP contribution in [0.4, 0.5) is 0 Å². The van der Waals surface area contributed by atoms with Crippen molar-refractivity contribution in [3.05, 3.63) is 35.5 Å². The Morgan fingerprint density at radius 2 is 1.90 bits per heavy atom. The number of epoxide rings is 1. The van der Waals surface area contributed by atoms with E-state index in [-0.39, 0.29) is 47.9 Å². The van der Waals surface area contributed by atoms with Crippen molar-refractivity contribution in [2.45, 2.75) is 83.9 Å². The molecule has 1 aliphatic heterocycles. The highest BCUT2D eigenvalue weighted by molar-refractivity contribution is 5.29. The maximum Gasteiger partial charge on any atom is 0.0993 e. The minimum absolute atomic E-state index is 0.0557. The SMILES string of the molecule is CC=C(C)C1C(C=CC=C(C)C(O)C(C)CO)C2CC(O)C(C)(O)CC2C2OC21C. The predicted molar refractivity (Wildman–Crippen MR) is 118 cm³/mol. The fourth-order valence-electron chi connectivity index (χ4n) is 6.03. The molecule has 0 amide bonds. The fraction of sp³-hybridized carbons (Fsp3) is 0.760. The van der Waals surface area contributed by atoms with Gasteiger partial charge < -0.3 is 25.2 Å². The third-order valence-corrected chi connectivity index (χ3v) is 8.12. The topological polar surface area (TPSA) is 93.5 Å². The van der Waals surface area contributed by atoms with Crippen LogP contribution in [-0.4, -0.2) is 56.5 Å². The molecule has 2 saturated carbocycles. The summed E-state index contributed by atoms with van der Waals surface area (Å²) in [6.45, 7) is 11.8. The van der Waals surface area contributed by atoms with E-state index in [0.29, 0.717) is 12.8 Å². The standard InChI is InChI=1S/C25H40O5/c1-7-14(2)21-17(10-8-9-15(3)22(28)16(4)13-26)18-11-20(27)24(5,29)12-19(18)23-25(21,6)30-23/h7-10,16-23,26-29H,11-13H2,1-6H3. The smallest absolute Gasteiger partial charge is 0.0993 e. The molecule has 0 aromatic heterocycles. The molecule has 3 rings (SSSR count). The second-order valence-electron chi connectivity index (χ2n) is 10.4. The Morgan fingerprint density at radius 1 is 1.23 bits per heavy atom. The molecule has 0 spiro atoms. The Balaban J connectivity index is 1.92. The monoisotopic (exact) mass is 420 g/mol. The molecule has 10 atom stereocenters. The quantitative estimate of drug-likeness (QED) is 0.301. The first-order valence-electron chi connectivity index (χ1n) is 11.3. The molecule has 1 saturated heterocycles. The van der Waals surface area contributed by atoms with Gasteiger partial charge >= 0.3 is 0 Å². The van der Waals surface area contributed by atoms with E-state index in [2.05, 4.69) is 32.9 Å². The Hall–Kier alpha value is -0.980. The maximum absolute atomic E-state index is 10.7. The van der Waals surface area contributed by atoms with Gasteiger partial charge in [0.2, 0.25) is 0 Å². The van der Waals surface area contributed by atoms with E-state index in [4.69, 9.17) is 4.74 Å². The number of hydrogen-bond donors (Lipinski definition) is 4. The third-order valence-electron chi connectivity index (χ3n) is 8.12. The molecule has 3 aliphatic rings. The van der Waals surface area contributed by atoms with Gasteiger partial charge in [0, 0.05) is 18.4 Å². The van der Waals surface area contributed by atoms with Crippen LogP contribution >= 0.6 is 0 Å². The molecule has 3 fully saturated rings. The number of hydrogen-bond acceptors (Lipinski definition) is 5. The molecule has 10 unspecified atom stereocenters. The minimum Gasteiger partial charge on any atom is -0.396 e. The highest BCUT2D eigenvalue weighted by atomic mass is 16.6. The number of rotatable bonds is 6. The minimum atomic E-state index is -1.08. The van der Waals surface area contributed by atoms with Gasteiger partial charge in [-0.1, -0.05) is 36.8 Å². The lowest BCUT2D eigenvalue weighted by Crippen LogP contribution is -2.55. The van der Waals surface area contributed by atoms with E-state index in [0.717, 1.165) is 5.57 Å². The van der Waals surface area contributed by atoms with Crippen molar-refractivity contribution in [2.75, 3.05) is 6.61 Å². The van der Waals surface area contributed by atoms with Crippen LogP contribution in [0.1, 0.15) is 54.4 Å². The number of ether oxygens (including phenoxy) is 1. The van der Waals surface area contributed by atoms with Crippen LogP contribution < -0.4 is 0 Å². The highest BCUT2D eigenvalue weighted by Crippen LogP contribution is 2.64. The number of allylic oxidation sites excluding steroid dienone is 4. The molecule has 0 radical (unpaired) electrons. The summed E-state index contributed by atoms with van der Waals surface area (Å²) < 4.78 is 6.29. The van der Waals surface area contributed by atoms with Gasteiger partial charge in [-0.05, 0) is 70.8 Å². The van der Waals surface area contributed by atoms with E-state index in [9.17, 15) is 20.4 Å². The summed E-state index contributed by atoms with van der Waals surface area (Å²) in [4.78, 5) is 0. The second-order valence-corrected chi connectivity index (χ2v) is 10.4. The van der Waals surface area contributed by atoms with Crippen LogP contribution in [0.2, 0.25) is 0 Å². The van der Waals surface area contributed by atoms with Crippen molar-refractivity contribution in [3.63, 3.8) is 0 Å². The molecule has 1 heterocycles. The van der Waals surface area contributed by atoms with Crippen molar-refractivity contribution in [1.82, 2.24) is 0 Å². The van der Waals surface area contributed by atoms with Crippen LogP contribution in [0.3, 0.4) is 0 Å². The normalized spacial score (nSPS) is 46.3. The third kappa shape index (κ3) is 4.07. The molecule has 2 aliphatic carbocycles. The van der Waals surface area contributed by atoms with Gasteiger partial charge in [0.15, 0.2) is 0 Å². The van der Waals surface area contributed by atoms with Crippen molar-refractivity contribution in [3.8, 4) is 0 Å².